The van der Waals surface area contributed by atoms with Gasteiger partial charge < -0.3 is 11.1 Å². The number of hydrogen-bond donors (Lipinski definition) is 3. The number of rotatable bonds is 5. The number of aromatic nitrogens is 2. The first-order valence-electron chi connectivity index (χ1n) is 4.69. The number of nitrogens with two attached hydrogens (primary N) is 1. The minimum atomic E-state index is -0.382. The molecule has 0 spiro atoms. The molecule has 0 aromatic carbocycles. The number of hydrogen-bond acceptors (Lipinski definition) is 3. The molecule has 1 amide bonds. The summed E-state index contributed by atoms with van der Waals surface area (Å²) in [7, 11) is 0. The molecule has 1 rings (SSSR count). The van der Waals surface area contributed by atoms with Crippen molar-refractivity contribution in [2.75, 3.05) is 0 Å². The van der Waals surface area contributed by atoms with Crippen molar-refractivity contribution in [1.29, 1.82) is 0 Å². The van der Waals surface area contributed by atoms with Gasteiger partial charge >= 0.3 is 0 Å². The molecular formula is C9H14N4OS. The number of nitrogens with one attached hydrogen (secondary N) is 2. The predicted molar refractivity (Wildman–Crippen MR) is 61.0 cm³/mol. The lowest BCUT2D eigenvalue weighted by Gasteiger charge is -2.12. The SMILES string of the molecule is CCC(C(=O)NCc1cn[nH]c1)C(N)=S. The fourth-order valence-corrected chi connectivity index (χ4v) is 1.48. The van der Waals surface area contributed by atoms with Gasteiger partial charge in [0, 0.05) is 18.3 Å². The van der Waals surface area contributed by atoms with Crippen LogP contribution in [0.4, 0.5) is 0 Å². The van der Waals surface area contributed by atoms with Crippen LogP contribution in [0.15, 0.2) is 12.4 Å². The van der Waals surface area contributed by atoms with Crippen molar-refractivity contribution in [2.24, 2.45) is 11.7 Å². The van der Waals surface area contributed by atoms with Gasteiger partial charge in [-0.25, -0.2) is 0 Å². The highest BCUT2D eigenvalue weighted by molar-refractivity contribution is 7.80. The molecular weight excluding hydrogens is 212 g/mol. The lowest BCUT2D eigenvalue weighted by atomic mass is 10.1. The van der Waals surface area contributed by atoms with E-state index in [1.165, 1.54) is 0 Å². The van der Waals surface area contributed by atoms with E-state index in [4.69, 9.17) is 18.0 Å². The van der Waals surface area contributed by atoms with Crippen LogP contribution in [-0.4, -0.2) is 21.1 Å². The monoisotopic (exact) mass is 226 g/mol. The third kappa shape index (κ3) is 3.32. The molecule has 0 saturated carbocycles. The molecule has 0 aliphatic rings. The molecule has 0 aliphatic carbocycles. The molecule has 1 aromatic heterocycles. The van der Waals surface area contributed by atoms with Crippen molar-refractivity contribution in [3.8, 4) is 0 Å². The topological polar surface area (TPSA) is 83.8 Å². The normalized spacial score (nSPS) is 12.1. The average Bonchev–Trinajstić information content (AvgIpc) is 2.67. The van der Waals surface area contributed by atoms with Crippen molar-refractivity contribution < 1.29 is 4.79 Å². The van der Waals surface area contributed by atoms with Crippen LogP contribution in [0.3, 0.4) is 0 Å². The number of nitrogens with zero attached hydrogens (tertiary/aromatic N) is 1. The van der Waals surface area contributed by atoms with E-state index in [-0.39, 0.29) is 16.8 Å². The number of thiocarbonyl (C=S) groups is 1. The van der Waals surface area contributed by atoms with Crippen LogP contribution >= 0.6 is 12.2 Å². The number of carbonyl (C=O) groups is 1. The van der Waals surface area contributed by atoms with Gasteiger partial charge in [0.1, 0.15) is 0 Å². The second kappa shape index (κ2) is 5.45. The molecule has 82 valence electrons. The molecule has 1 heterocycles. The second-order valence-electron chi connectivity index (χ2n) is 3.19. The van der Waals surface area contributed by atoms with Crippen molar-refractivity contribution in [1.82, 2.24) is 15.5 Å². The van der Waals surface area contributed by atoms with Crippen LogP contribution in [0.25, 0.3) is 0 Å². The Hall–Kier alpha value is -1.43. The Balaban J connectivity index is 2.44. The van der Waals surface area contributed by atoms with Crippen molar-refractivity contribution in [3.63, 3.8) is 0 Å². The standard InChI is InChI=1S/C9H14N4OS/c1-2-7(8(10)15)9(14)11-3-6-4-12-13-5-6/h4-5,7H,2-3H2,1H3,(H2,10,15)(H,11,14)(H,12,13). The Labute approximate surface area is 93.4 Å². The first kappa shape index (κ1) is 11.6. The van der Waals surface area contributed by atoms with Crippen LogP contribution in [0.1, 0.15) is 18.9 Å². The van der Waals surface area contributed by atoms with E-state index < -0.39 is 0 Å². The van der Waals surface area contributed by atoms with E-state index in [0.29, 0.717) is 13.0 Å². The first-order chi connectivity index (χ1) is 7.15. The van der Waals surface area contributed by atoms with Crippen LogP contribution in [-0.2, 0) is 11.3 Å². The molecule has 4 N–H and O–H groups in total. The summed E-state index contributed by atoms with van der Waals surface area (Å²) < 4.78 is 0. The highest BCUT2D eigenvalue weighted by atomic mass is 32.1. The van der Waals surface area contributed by atoms with Gasteiger partial charge in [-0.3, -0.25) is 9.89 Å². The summed E-state index contributed by atoms with van der Waals surface area (Å²) in [6, 6.07) is 0. The van der Waals surface area contributed by atoms with Crippen LogP contribution in [0, 0.1) is 5.92 Å². The maximum Gasteiger partial charge on any atom is 0.230 e. The van der Waals surface area contributed by atoms with E-state index in [2.05, 4.69) is 15.5 Å². The van der Waals surface area contributed by atoms with E-state index in [9.17, 15) is 4.79 Å². The van der Waals surface area contributed by atoms with Gasteiger partial charge in [-0.1, -0.05) is 19.1 Å². The second-order valence-corrected chi connectivity index (χ2v) is 3.66. The minimum Gasteiger partial charge on any atom is -0.393 e. The quantitative estimate of drug-likeness (QED) is 0.632. The first-order valence-corrected chi connectivity index (χ1v) is 5.10. The van der Waals surface area contributed by atoms with Crippen LogP contribution in [0.5, 0.6) is 0 Å². The molecule has 1 atom stereocenters. The highest BCUT2D eigenvalue weighted by Gasteiger charge is 2.18. The summed E-state index contributed by atoms with van der Waals surface area (Å²) >= 11 is 4.81. The van der Waals surface area contributed by atoms with E-state index in [1.807, 2.05) is 6.92 Å². The molecule has 0 saturated heterocycles. The highest BCUT2D eigenvalue weighted by Crippen LogP contribution is 2.03. The summed E-state index contributed by atoms with van der Waals surface area (Å²) in [5.74, 6) is -0.516. The number of H-pyrrole nitrogens is 1. The predicted octanol–water partition coefficient (Wildman–Crippen LogP) is 0.338. The Kier molecular flexibility index (Phi) is 4.23. The van der Waals surface area contributed by atoms with E-state index in [1.54, 1.807) is 12.4 Å². The van der Waals surface area contributed by atoms with Gasteiger partial charge in [0.2, 0.25) is 5.91 Å². The maximum absolute atomic E-state index is 11.6. The van der Waals surface area contributed by atoms with Crippen molar-refractivity contribution in [2.45, 2.75) is 19.9 Å². The Bertz CT molecular complexity index is 336. The zero-order valence-electron chi connectivity index (χ0n) is 8.49. The fraction of sp³-hybridized carbons (Fsp3) is 0.444. The summed E-state index contributed by atoms with van der Waals surface area (Å²) in [6.07, 6.45) is 4.00. The van der Waals surface area contributed by atoms with E-state index >= 15 is 0 Å². The van der Waals surface area contributed by atoms with Gasteiger partial charge in [-0.15, -0.1) is 0 Å². The van der Waals surface area contributed by atoms with Gasteiger partial charge in [0.05, 0.1) is 17.1 Å². The molecule has 0 bridgehead atoms. The molecule has 5 nitrogen and oxygen atoms in total. The summed E-state index contributed by atoms with van der Waals surface area (Å²) in [5.41, 5.74) is 6.37. The van der Waals surface area contributed by atoms with Crippen LogP contribution in [0.2, 0.25) is 0 Å². The lowest BCUT2D eigenvalue weighted by Crippen LogP contribution is -2.37. The van der Waals surface area contributed by atoms with Gasteiger partial charge in [0.25, 0.3) is 0 Å². The molecule has 0 fully saturated rings. The third-order valence-electron chi connectivity index (χ3n) is 2.09. The zero-order valence-corrected chi connectivity index (χ0v) is 9.30. The number of aromatic amines is 1. The molecule has 15 heavy (non-hydrogen) atoms. The number of carbonyl (C=O) groups excluding carboxylic acids is 1. The Morgan fingerprint density at radius 3 is 3.00 bits per heavy atom. The van der Waals surface area contributed by atoms with Crippen molar-refractivity contribution >= 4 is 23.1 Å². The summed E-state index contributed by atoms with van der Waals surface area (Å²) in [6.45, 7) is 2.32. The molecule has 1 unspecified atom stereocenters. The largest absolute Gasteiger partial charge is 0.393 e. The zero-order chi connectivity index (χ0) is 11.3. The minimum absolute atomic E-state index is 0.133. The van der Waals surface area contributed by atoms with Gasteiger partial charge in [0.15, 0.2) is 0 Å². The third-order valence-corrected chi connectivity index (χ3v) is 2.37. The van der Waals surface area contributed by atoms with Gasteiger partial charge in [-0.05, 0) is 6.42 Å². The average molecular weight is 226 g/mol. The maximum atomic E-state index is 11.6. The van der Waals surface area contributed by atoms with Gasteiger partial charge in [-0.2, -0.15) is 5.10 Å². The van der Waals surface area contributed by atoms with Crippen molar-refractivity contribution in [3.05, 3.63) is 18.0 Å². The molecule has 0 radical (unpaired) electrons. The fourth-order valence-electron chi connectivity index (χ4n) is 1.20. The Morgan fingerprint density at radius 1 is 1.80 bits per heavy atom. The molecule has 1 aromatic rings. The summed E-state index contributed by atoms with van der Waals surface area (Å²) in [4.78, 5) is 11.8. The van der Waals surface area contributed by atoms with Crippen LogP contribution < -0.4 is 11.1 Å². The smallest absolute Gasteiger partial charge is 0.230 e. The van der Waals surface area contributed by atoms with E-state index in [0.717, 1.165) is 5.56 Å². The lowest BCUT2D eigenvalue weighted by molar-refractivity contribution is -0.123. The summed E-state index contributed by atoms with van der Waals surface area (Å²) in [5, 5.41) is 9.19. The molecule has 6 heteroatoms. The molecule has 0 aliphatic heterocycles. The Morgan fingerprint density at radius 2 is 2.53 bits per heavy atom. The number of amides is 1.